The fraction of sp³-hybridized carbons (Fsp3) is 0.273. The van der Waals surface area contributed by atoms with Crippen molar-refractivity contribution < 1.29 is 23.5 Å². The number of carboxylic acids is 1. The van der Waals surface area contributed by atoms with Gasteiger partial charge in [-0.15, -0.1) is 0 Å². The highest BCUT2D eigenvalue weighted by Gasteiger charge is 2.49. The van der Waals surface area contributed by atoms with E-state index < -0.39 is 23.7 Å². The third-order valence-corrected chi connectivity index (χ3v) is 2.21. The van der Waals surface area contributed by atoms with Crippen LogP contribution in [-0.4, -0.2) is 28.8 Å². The maximum absolute atomic E-state index is 12.9. The Morgan fingerprint density at radius 2 is 1.82 bits per heavy atom. The molecule has 0 radical (unpaired) electrons. The molecule has 1 unspecified atom stereocenters. The van der Waals surface area contributed by atoms with E-state index >= 15 is 0 Å². The molecule has 1 atom stereocenters. The van der Waals surface area contributed by atoms with Gasteiger partial charge in [0.25, 0.3) is 0 Å². The Kier molecular flexibility index (Phi) is 3.90. The van der Waals surface area contributed by atoms with Gasteiger partial charge >= 0.3 is 11.9 Å². The van der Waals surface area contributed by atoms with E-state index in [4.69, 9.17) is 10.8 Å². The molecule has 1 rings (SSSR count). The Bertz CT molecular complexity index is 420. The van der Waals surface area contributed by atoms with Crippen LogP contribution in [0.1, 0.15) is 5.56 Å². The van der Waals surface area contributed by atoms with Crippen LogP contribution in [0, 0.1) is 0 Å². The quantitative estimate of drug-likeness (QED) is 0.751. The number of carboxylic acid groups (broad SMARTS) is 1. The molecule has 92 valence electrons. The molecule has 0 saturated heterocycles. The van der Waals surface area contributed by atoms with Crippen molar-refractivity contribution in [3.8, 4) is 0 Å². The van der Waals surface area contributed by atoms with Crippen molar-refractivity contribution in [2.75, 3.05) is 0 Å². The normalized spacial score (nSPS) is 13.1. The first-order valence-electron chi connectivity index (χ1n) is 4.80. The molecule has 3 N–H and O–H groups in total. The molecule has 0 saturated carbocycles. The largest absolute Gasteiger partial charge is 0.476 e. The molecule has 0 aromatic heterocycles. The minimum atomic E-state index is -4.44. The predicted octanol–water partition coefficient (Wildman–Crippen LogP) is 0.845. The first-order valence-corrected chi connectivity index (χ1v) is 4.80. The molecule has 0 aliphatic carbocycles. The maximum atomic E-state index is 12.9. The van der Waals surface area contributed by atoms with Gasteiger partial charge in [-0.05, 0) is 12.0 Å². The molecule has 0 amide bonds. The first kappa shape index (κ1) is 13.2. The summed E-state index contributed by atoms with van der Waals surface area (Å²) < 4.78 is 25.7. The maximum Gasteiger partial charge on any atom is 0.401 e. The number of carbonyl (C=O) groups is 2. The van der Waals surface area contributed by atoms with Crippen LogP contribution >= 0.6 is 0 Å². The fourth-order valence-electron chi connectivity index (χ4n) is 1.30. The van der Waals surface area contributed by atoms with Crippen molar-refractivity contribution in [2.24, 2.45) is 5.73 Å². The van der Waals surface area contributed by atoms with Crippen LogP contribution in [0.5, 0.6) is 0 Å². The van der Waals surface area contributed by atoms with E-state index in [0.29, 0.717) is 5.56 Å². The highest BCUT2D eigenvalue weighted by Crippen LogP contribution is 2.18. The van der Waals surface area contributed by atoms with E-state index in [1.54, 1.807) is 30.3 Å². The van der Waals surface area contributed by atoms with Crippen LogP contribution in [0.2, 0.25) is 0 Å². The zero-order chi connectivity index (χ0) is 13.1. The Morgan fingerprint density at radius 3 is 2.29 bits per heavy atom. The number of nitrogens with two attached hydrogens (primary N) is 1. The second kappa shape index (κ2) is 5.01. The smallest absolute Gasteiger partial charge is 0.401 e. The number of alkyl halides is 2. The van der Waals surface area contributed by atoms with Gasteiger partial charge in [0.1, 0.15) is 0 Å². The van der Waals surface area contributed by atoms with Crippen LogP contribution in [0.3, 0.4) is 0 Å². The van der Waals surface area contributed by atoms with Crippen LogP contribution in [-0.2, 0) is 16.0 Å². The molecule has 6 heteroatoms. The number of ketones is 1. The SMILES string of the molecule is NC(Cc1ccccc1)C(=O)C(F)(F)C(=O)O. The van der Waals surface area contributed by atoms with Crippen molar-refractivity contribution in [2.45, 2.75) is 18.4 Å². The average Bonchev–Trinajstić information content (AvgIpc) is 2.29. The third-order valence-electron chi connectivity index (χ3n) is 2.21. The molecule has 0 bridgehead atoms. The van der Waals surface area contributed by atoms with Gasteiger partial charge < -0.3 is 10.8 Å². The number of rotatable bonds is 5. The summed E-state index contributed by atoms with van der Waals surface area (Å²) in [5, 5.41) is 8.20. The van der Waals surface area contributed by atoms with E-state index in [-0.39, 0.29) is 6.42 Å². The first-order chi connectivity index (χ1) is 7.85. The lowest BCUT2D eigenvalue weighted by molar-refractivity contribution is -0.172. The molecular weight excluding hydrogens is 232 g/mol. The highest BCUT2D eigenvalue weighted by atomic mass is 19.3. The standard InChI is InChI=1S/C11H11F2NO3/c12-11(13,10(16)17)9(15)8(14)6-7-4-2-1-3-5-7/h1-5,8H,6,14H2,(H,16,17). The minimum Gasteiger partial charge on any atom is -0.476 e. The summed E-state index contributed by atoms with van der Waals surface area (Å²) in [7, 11) is 0. The molecule has 0 fully saturated rings. The molecule has 0 spiro atoms. The minimum absolute atomic E-state index is 0.122. The van der Waals surface area contributed by atoms with E-state index in [1.807, 2.05) is 0 Å². The van der Waals surface area contributed by atoms with Crippen LogP contribution in [0.25, 0.3) is 0 Å². The third kappa shape index (κ3) is 3.07. The van der Waals surface area contributed by atoms with Crippen molar-refractivity contribution >= 4 is 11.8 Å². The molecular formula is C11H11F2NO3. The monoisotopic (exact) mass is 243 g/mol. The fourth-order valence-corrected chi connectivity index (χ4v) is 1.30. The van der Waals surface area contributed by atoms with Crippen LogP contribution in [0.4, 0.5) is 8.78 Å². The van der Waals surface area contributed by atoms with E-state index in [1.165, 1.54) is 0 Å². The van der Waals surface area contributed by atoms with Gasteiger partial charge in [-0.1, -0.05) is 30.3 Å². The van der Waals surface area contributed by atoms with Crippen molar-refractivity contribution in [3.63, 3.8) is 0 Å². The topological polar surface area (TPSA) is 80.4 Å². The van der Waals surface area contributed by atoms with E-state index in [0.717, 1.165) is 0 Å². The molecule has 17 heavy (non-hydrogen) atoms. The van der Waals surface area contributed by atoms with Gasteiger partial charge in [0.2, 0.25) is 5.78 Å². The number of Topliss-reactive ketones (excluding diaryl/α,β-unsaturated/α-hetero) is 1. The Labute approximate surface area is 96.0 Å². The van der Waals surface area contributed by atoms with Crippen LogP contribution < -0.4 is 5.73 Å². The number of benzene rings is 1. The molecule has 0 aliphatic heterocycles. The van der Waals surface area contributed by atoms with Gasteiger partial charge in [0.05, 0.1) is 6.04 Å². The summed E-state index contributed by atoms with van der Waals surface area (Å²) in [6.45, 7) is 0. The number of carbonyl (C=O) groups excluding carboxylic acids is 1. The molecule has 0 aliphatic rings. The van der Waals surface area contributed by atoms with Gasteiger partial charge in [-0.2, -0.15) is 8.78 Å². The number of aliphatic carboxylic acids is 1. The lowest BCUT2D eigenvalue weighted by Crippen LogP contribution is -2.48. The van der Waals surface area contributed by atoms with Gasteiger partial charge in [-0.3, -0.25) is 4.79 Å². The van der Waals surface area contributed by atoms with Crippen LogP contribution in [0.15, 0.2) is 30.3 Å². The number of hydrogen-bond donors (Lipinski definition) is 2. The van der Waals surface area contributed by atoms with Gasteiger partial charge in [0, 0.05) is 0 Å². The predicted molar refractivity (Wildman–Crippen MR) is 55.7 cm³/mol. The lowest BCUT2D eigenvalue weighted by atomic mass is 10.00. The average molecular weight is 243 g/mol. The molecule has 0 heterocycles. The summed E-state index contributed by atoms with van der Waals surface area (Å²) in [5.74, 6) is -8.70. The second-order valence-electron chi connectivity index (χ2n) is 3.54. The Balaban J connectivity index is 2.75. The molecule has 4 nitrogen and oxygen atoms in total. The Hall–Kier alpha value is -1.82. The van der Waals surface area contributed by atoms with Gasteiger partial charge in [-0.25, -0.2) is 4.79 Å². The highest BCUT2D eigenvalue weighted by molar-refractivity contribution is 6.06. The van der Waals surface area contributed by atoms with Crippen molar-refractivity contribution in [3.05, 3.63) is 35.9 Å². The van der Waals surface area contributed by atoms with Crippen molar-refractivity contribution in [1.82, 2.24) is 0 Å². The zero-order valence-corrected chi connectivity index (χ0v) is 8.77. The summed E-state index contributed by atoms with van der Waals surface area (Å²) in [6.07, 6.45) is -0.122. The molecule has 1 aromatic carbocycles. The van der Waals surface area contributed by atoms with Crippen molar-refractivity contribution in [1.29, 1.82) is 0 Å². The summed E-state index contributed by atoms with van der Waals surface area (Å²) in [6, 6.07) is 6.76. The molecule has 1 aromatic rings. The van der Waals surface area contributed by atoms with Gasteiger partial charge in [0.15, 0.2) is 0 Å². The van der Waals surface area contributed by atoms with E-state index in [2.05, 4.69) is 0 Å². The summed E-state index contributed by atoms with van der Waals surface area (Å²) in [5.41, 5.74) is 5.87. The summed E-state index contributed by atoms with van der Waals surface area (Å²) >= 11 is 0. The van der Waals surface area contributed by atoms with E-state index in [9.17, 15) is 18.4 Å². The second-order valence-corrected chi connectivity index (χ2v) is 3.54. The zero-order valence-electron chi connectivity index (χ0n) is 8.77. The number of halogens is 2. The lowest BCUT2D eigenvalue weighted by Gasteiger charge is -2.15. The summed E-state index contributed by atoms with van der Waals surface area (Å²) in [4.78, 5) is 21.3. The number of hydrogen-bond acceptors (Lipinski definition) is 3. The Morgan fingerprint density at radius 1 is 1.29 bits per heavy atom.